The first-order valence-electron chi connectivity index (χ1n) is 13.0. The number of nitrogens with zero attached hydrogens (tertiary/aromatic N) is 3. The SMILES string of the molecule is COc1ccc2c(c1)C(=O)N(C[C@@](N)(C(=O)NC=O)c1ccc(-c3ccc4nn(CC5CC5)cc4c3)cc1)C2. The van der Waals surface area contributed by atoms with Gasteiger partial charge in [-0.15, -0.1) is 0 Å². The van der Waals surface area contributed by atoms with Gasteiger partial charge in [-0.2, -0.15) is 5.10 Å². The monoisotopic (exact) mass is 523 g/mol. The lowest BCUT2D eigenvalue weighted by Gasteiger charge is -2.32. The fourth-order valence-electron chi connectivity index (χ4n) is 5.25. The number of imide groups is 1. The van der Waals surface area contributed by atoms with Gasteiger partial charge in [0.15, 0.2) is 0 Å². The van der Waals surface area contributed by atoms with Gasteiger partial charge in [0, 0.05) is 30.2 Å². The number of benzene rings is 3. The van der Waals surface area contributed by atoms with Crippen LogP contribution in [0.5, 0.6) is 5.75 Å². The van der Waals surface area contributed by atoms with Crippen molar-refractivity contribution < 1.29 is 19.1 Å². The Balaban J connectivity index is 1.27. The van der Waals surface area contributed by atoms with E-state index in [-0.39, 0.29) is 12.5 Å². The predicted molar refractivity (Wildman–Crippen MR) is 146 cm³/mol. The zero-order valence-electron chi connectivity index (χ0n) is 21.6. The largest absolute Gasteiger partial charge is 0.497 e. The summed E-state index contributed by atoms with van der Waals surface area (Å²) in [7, 11) is 1.54. The quantitative estimate of drug-likeness (QED) is 0.325. The molecular formula is C30H29N5O4. The molecule has 9 heteroatoms. The second-order valence-electron chi connectivity index (χ2n) is 10.4. The molecule has 3 aromatic carbocycles. The van der Waals surface area contributed by atoms with Crippen molar-refractivity contribution in [3.05, 3.63) is 83.6 Å². The van der Waals surface area contributed by atoms with Gasteiger partial charge in [-0.25, -0.2) is 0 Å². The van der Waals surface area contributed by atoms with Gasteiger partial charge in [0.1, 0.15) is 11.3 Å². The molecule has 6 rings (SSSR count). The average molecular weight is 524 g/mol. The maximum atomic E-state index is 13.2. The number of fused-ring (bicyclic) bond motifs is 2. The molecule has 198 valence electrons. The minimum atomic E-state index is -1.64. The van der Waals surface area contributed by atoms with E-state index in [2.05, 4.69) is 22.7 Å². The number of carbonyl (C=O) groups is 3. The van der Waals surface area contributed by atoms with Crippen LogP contribution in [0.2, 0.25) is 0 Å². The van der Waals surface area contributed by atoms with Gasteiger partial charge in [-0.05, 0) is 65.3 Å². The molecule has 1 aliphatic heterocycles. The molecule has 0 saturated heterocycles. The highest BCUT2D eigenvalue weighted by Gasteiger charge is 2.41. The summed E-state index contributed by atoms with van der Waals surface area (Å²) in [5, 5.41) is 7.94. The first kappa shape index (κ1) is 24.8. The van der Waals surface area contributed by atoms with Crippen LogP contribution in [-0.2, 0) is 28.2 Å². The van der Waals surface area contributed by atoms with Crippen molar-refractivity contribution in [2.75, 3.05) is 13.7 Å². The molecule has 3 amide bonds. The Hall–Kier alpha value is -4.50. The molecule has 0 radical (unpaired) electrons. The first-order chi connectivity index (χ1) is 18.9. The molecule has 0 unspecified atom stereocenters. The van der Waals surface area contributed by atoms with E-state index in [4.69, 9.17) is 10.5 Å². The van der Waals surface area contributed by atoms with Crippen LogP contribution in [0, 0.1) is 5.92 Å². The number of amides is 3. The molecule has 9 nitrogen and oxygen atoms in total. The number of carbonyl (C=O) groups excluding carboxylic acids is 3. The predicted octanol–water partition coefficient (Wildman–Crippen LogP) is 3.20. The third kappa shape index (κ3) is 4.66. The summed E-state index contributed by atoms with van der Waals surface area (Å²) in [5.74, 6) is 0.388. The molecule has 1 fully saturated rings. The van der Waals surface area contributed by atoms with Crippen LogP contribution in [0.3, 0.4) is 0 Å². The second-order valence-corrected chi connectivity index (χ2v) is 10.4. The molecule has 2 aliphatic rings. The highest BCUT2D eigenvalue weighted by molar-refractivity contribution is 6.00. The van der Waals surface area contributed by atoms with Gasteiger partial charge in [0.05, 0.1) is 19.2 Å². The standard InChI is InChI=1S/C30H29N5O4/c1-39-25-10-6-22-15-34(28(37)26(22)13-25)17-30(31,29(38)32-18-36)24-8-4-20(5-9-24)21-7-11-27-23(12-21)16-35(33-27)14-19-2-3-19/h4-13,16,18-19H,2-3,14-15,17,31H2,1H3,(H,32,36,38)/t30-/m0/s1. The normalized spacial score (nSPS) is 16.2. The van der Waals surface area contributed by atoms with Gasteiger partial charge < -0.3 is 15.4 Å². The number of nitrogens with two attached hydrogens (primary N) is 1. The summed E-state index contributed by atoms with van der Waals surface area (Å²) in [5.41, 5.74) is 9.79. The summed E-state index contributed by atoms with van der Waals surface area (Å²) >= 11 is 0. The maximum absolute atomic E-state index is 13.2. The van der Waals surface area contributed by atoms with Crippen LogP contribution in [-0.4, -0.2) is 46.6 Å². The van der Waals surface area contributed by atoms with E-state index in [1.807, 2.05) is 35.0 Å². The Kier molecular flexibility index (Phi) is 6.15. The second kappa shape index (κ2) is 9.67. The topological polar surface area (TPSA) is 120 Å². The smallest absolute Gasteiger partial charge is 0.254 e. The highest BCUT2D eigenvalue weighted by Crippen LogP contribution is 2.33. The molecule has 39 heavy (non-hydrogen) atoms. The van der Waals surface area contributed by atoms with Crippen molar-refractivity contribution >= 4 is 29.1 Å². The number of hydrogen-bond donors (Lipinski definition) is 2. The lowest BCUT2D eigenvalue weighted by Crippen LogP contribution is -2.57. The summed E-state index contributed by atoms with van der Waals surface area (Å²) in [6.07, 6.45) is 4.94. The van der Waals surface area contributed by atoms with Gasteiger partial charge >= 0.3 is 0 Å². The van der Waals surface area contributed by atoms with Gasteiger partial charge in [-0.3, -0.25) is 24.4 Å². The molecule has 0 spiro atoms. The minimum absolute atomic E-state index is 0.103. The molecular weight excluding hydrogens is 494 g/mol. The van der Waals surface area contributed by atoms with E-state index < -0.39 is 11.4 Å². The van der Waals surface area contributed by atoms with Crippen LogP contribution in [0.4, 0.5) is 0 Å². The molecule has 2 heterocycles. The summed E-state index contributed by atoms with van der Waals surface area (Å²) in [6.45, 7) is 1.16. The van der Waals surface area contributed by atoms with Crippen LogP contribution < -0.4 is 15.8 Å². The van der Waals surface area contributed by atoms with Crippen LogP contribution in [0.15, 0.2) is 66.9 Å². The Labute approximate surface area is 225 Å². The van der Waals surface area contributed by atoms with E-state index in [0.29, 0.717) is 29.8 Å². The van der Waals surface area contributed by atoms with Gasteiger partial charge in [0.2, 0.25) is 6.41 Å². The van der Waals surface area contributed by atoms with Crippen molar-refractivity contribution in [3.63, 3.8) is 0 Å². The Morgan fingerprint density at radius 3 is 2.62 bits per heavy atom. The average Bonchev–Trinajstić information content (AvgIpc) is 3.59. The Morgan fingerprint density at radius 1 is 1.13 bits per heavy atom. The molecule has 1 saturated carbocycles. The fraction of sp³-hybridized carbons (Fsp3) is 0.267. The van der Waals surface area contributed by atoms with E-state index >= 15 is 0 Å². The Morgan fingerprint density at radius 2 is 1.90 bits per heavy atom. The summed E-state index contributed by atoms with van der Waals surface area (Å²) < 4.78 is 7.28. The molecule has 0 bridgehead atoms. The third-order valence-corrected chi connectivity index (χ3v) is 7.66. The molecule has 1 atom stereocenters. The van der Waals surface area contributed by atoms with E-state index in [0.717, 1.165) is 40.1 Å². The number of ether oxygens (including phenoxy) is 1. The zero-order chi connectivity index (χ0) is 27.1. The zero-order valence-corrected chi connectivity index (χ0v) is 21.6. The molecule has 1 aliphatic carbocycles. The van der Waals surface area contributed by atoms with E-state index in [1.165, 1.54) is 24.9 Å². The Bertz CT molecular complexity index is 1590. The molecule has 3 N–H and O–H groups in total. The number of rotatable bonds is 9. The number of nitrogens with one attached hydrogen (secondary N) is 1. The van der Waals surface area contributed by atoms with Crippen molar-refractivity contribution in [3.8, 4) is 16.9 Å². The van der Waals surface area contributed by atoms with Crippen LogP contribution in [0.25, 0.3) is 22.0 Å². The fourth-order valence-corrected chi connectivity index (χ4v) is 5.25. The van der Waals surface area contributed by atoms with E-state index in [1.54, 1.807) is 24.3 Å². The number of hydrogen-bond acceptors (Lipinski definition) is 6. The molecule has 4 aromatic rings. The van der Waals surface area contributed by atoms with Crippen molar-refractivity contribution in [1.82, 2.24) is 20.0 Å². The lowest BCUT2D eigenvalue weighted by atomic mass is 9.88. The van der Waals surface area contributed by atoms with Gasteiger partial charge in [-0.1, -0.05) is 36.4 Å². The summed E-state index contributed by atoms with van der Waals surface area (Å²) in [6, 6.07) is 18.8. The van der Waals surface area contributed by atoms with Crippen molar-refractivity contribution in [2.24, 2.45) is 11.7 Å². The third-order valence-electron chi connectivity index (χ3n) is 7.66. The first-order valence-corrected chi connectivity index (χ1v) is 13.0. The minimum Gasteiger partial charge on any atom is -0.497 e. The maximum Gasteiger partial charge on any atom is 0.254 e. The number of methoxy groups -OCH3 is 1. The summed E-state index contributed by atoms with van der Waals surface area (Å²) in [4.78, 5) is 38.9. The highest BCUT2D eigenvalue weighted by atomic mass is 16.5. The lowest BCUT2D eigenvalue weighted by molar-refractivity contribution is -0.130. The van der Waals surface area contributed by atoms with Crippen LogP contribution >= 0.6 is 0 Å². The molecule has 1 aromatic heterocycles. The van der Waals surface area contributed by atoms with Crippen LogP contribution in [0.1, 0.15) is 34.3 Å². The van der Waals surface area contributed by atoms with E-state index in [9.17, 15) is 14.4 Å². The number of aromatic nitrogens is 2. The van der Waals surface area contributed by atoms with Crippen molar-refractivity contribution in [1.29, 1.82) is 0 Å². The van der Waals surface area contributed by atoms with Crippen molar-refractivity contribution in [2.45, 2.75) is 31.5 Å². The van der Waals surface area contributed by atoms with Gasteiger partial charge in [0.25, 0.3) is 11.8 Å².